The number of nitrogens with one attached hydrogen (secondary N) is 1. The fourth-order valence-electron chi connectivity index (χ4n) is 3.78. The molecule has 2 aromatic heterocycles. The molecule has 172 valence electrons. The summed E-state index contributed by atoms with van der Waals surface area (Å²) in [6.45, 7) is 8.77. The van der Waals surface area contributed by atoms with Crippen LogP contribution >= 0.6 is 0 Å². The van der Waals surface area contributed by atoms with Crippen molar-refractivity contribution >= 4 is 21.9 Å². The molecule has 1 saturated carbocycles. The molecule has 3 aromatic rings. The Balaban J connectivity index is 1.82. The van der Waals surface area contributed by atoms with Gasteiger partial charge in [0.1, 0.15) is 17.3 Å². The van der Waals surface area contributed by atoms with E-state index in [2.05, 4.69) is 35.5 Å². The van der Waals surface area contributed by atoms with E-state index in [1.54, 1.807) is 6.07 Å². The number of alkyl halides is 2. The normalized spacial score (nSPS) is 15.6. The van der Waals surface area contributed by atoms with E-state index in [0.717, 1.165) is 23.9 Å². The minimum Gasteiger partial charge on any atom is -0.347 e. The molecule has 5 nitrogen and oxygen atoms in total. The number of halogens is 3. The predicted octanol–water partition coefficient (Wildman–Crippen LogP) is 5.45. The van der Waals surface area contributed by atoms with Gasteiger partial charge in [-0.15, -0.1) is 0 Å². The first-order chi connectivity index (χ1) is 15.0. The van der Waals surface area contributed by atoms with Crippen LogP contribution in [0.4, 0.5) is 13.2 Å². The van der Waals surface area contributed by atoms with Crippen molar-refractivity contribution in [1.82, 2.24) is 19.3 Å². The lowest BCUT2D eigenvalue weighted by Gasteiger charge is -2.20. The fourth-order valence-corrected chi connectivity index (χ4v) is 4.88. The Labute approximate surface area is 188 Å². The molecule has 1 unspecified atom stereocenters. The number of aromatic nitrogens is 3. The van der Waals surface area contributed by atoms with E-state index in [9.17, 15) is 13.0 Å². The number of aryl methyl sites for hydroxylation is 1. The average Bonchev–Trinajstić information content (AvgIpc) is 3.50. The van der Waals surface area contributed by atoms with Crippen LogP contribution in [-0.4, -0.2) is 24.0 Å². The van der Waals surface area contributed by atoms with Gasteiger partial charge in [-0.3, -0.25) is 0 Å². The summed E-state index contributed by atoms with van der Waals surface area (Å²) in [5.41, 5.74) is 1.03. The van der Waals surface area contributed by atoms with Gasteiger partial charge in [0.15, 0.2) is 0 Å². The highest BCUT2D eigenvalue weighted by atomic mass is 32.2. The quantitative estimate of drug-likeness (QED) is 0.506. The molecule has 1 N–H and O–H groups in total. The third-order valence-electron chi connectivity index (χ3n) is 5.36. The van der Waals surface area contributed by atoms with E-state index < -0.39 is 28.9 Å². The lowest BCUT2D eigenvalue weighted by atomic mass is 9.96. The van der Waals surface area contributed by atoms with Crippen molar-refractivity contribution in [3.63, 3.8) is 0 Å². The number of hydrogen-bond acceptors (Lipinski definition) is 3. The van der Waals surface area contributed by atoms with Gasteiger partial charge >= 0.3 is 0 Å². The summed E-state index contributed by atoms with van der Waals surface area (Å²) in [6.07, 6.45) is 2.24. The summed E-state index contributed by atoms with van der Waals surface area (Å²) < 4.78 is 59.8. The van der Waals surface area contributed by atoms with Crippen molar-refractivity contribution in [1.29, 1.82) is 0 Å². The Morgan fingerprint density at radius 3 is 2.59 bits per heavy atom. The molecule has 1 aliphatic rings. The summed E-state index contributed by atoms with van der Waals surface area (Å²) in [6, 6.07) is 2.97. The third-order valence-corrected chi connectivity index (χ3v) is 6.87. The molecular weight excluding hydrogens is 437 g/mol. The predicted molar refractivity (Wildman–Crippen MR) is 120 cm³/mol. The topological polar surface area (TPSA) is 59.8 Å². The van der Waals surface area contributed by atoms with Crippen LogP contribution in [0.25, 0.3) is 22.0 Å². The minimum absolute atomic E-state index is 0.0111. The first-order valence-corrected chi connectivity index (χ1v) is 11.8. The van der Waals surface area contributed by atoms with E-state index in [4.69, 9.17) is 0 Å². The number of nitrogens with zero attached hydrogens (tertiary/aromatic N) is 3. The van der Waals surface area contributed by atoms with Crippen LogP contribution in [0, 0.1) is 18.2 Å². The number of hydrogen-bond donors (Lipinski definition) is 1. The lowest BCUT2D eigenvalue weighted by molar-refractivity contribution is 0.146. The highest BCUT2D eigenvalue weighted by molar-refractivity contribution is 7.83. The molecule has 0 bridgehead atoms. The Morgan fingerprint density at radius 1 is 1.25 bits per heavy atom. The van der Waals surface area contributed by atoms with Crippen LogP contribution in [0.3, 0.4) is 0 Å². The Morgan fingerprint density at radius 2 is 1.97 bits per heavy atom. The SMILES string of the molecule is Cc1ncc(-c2cc3c(cc2F)c(CNS(=O)C2CC2)cn3CC(C)(C)C)c(C(F)F)n1. The summed E-state index contributed by atoms with van der Waals surface area (Å²) >= 11 is 0. The Hall–Kier alpha value is -2.26. The molecule has 1 fully saturated rings. The Bertz CT molecular complexity index is 1180. The van der Waals surface area contributed by atoms with E-state index in [-0.39, 0.29) is 27.6 Å². The van der Waals surface area contributed by atoms with E-state index >= 15 is 4.39 Å². The maximum Gasteiger partial charge on any atom is 0.281 e. The fraction of sp³-hybridized carbons (Fsp3) is 0.478. The molecule has 0 saturated heterocycles. The molecular formula is C23H27F3N4OS. The molecule has 1 aliphatic carbocycles. The number of benzene rings is 1. The number of rotatable bonds is 7. The van der Waals surface area contributed by atoms with Crippen molar-refractivity contribution in [3.8, 4) is 11.1 Å². The van der Waals surface area contributed by atoms with Gasteiger partial charge in [-0.25, -0.2) is 32.1 Å². The second-order valence-electron chi connectivity index (χ2n) is 9.53. The zero-order valence-electron chi connectivity index (χ0n) is 18.6. The van der Waals surface area contributed by atoms with Crippen LogP contribution in [0.1, 0.15) is 57.1 Å². The monoisotopic (exact) mass is 464 g/mol. The van der Waals surface area contributed by atoms with Crippen molar-refractivity contribution in [2.75, 3.05) is 0 Å². The average molecular weight is 465 g/mol. The smallest absolute Gasteiger partial charge is 0.281 e. The first kappa shape index (κ1) is 22.9. The van der Waals surface area contributed by atoms with Gasteiger partial charge in [0.05, 0.1) is 11.0 Å². The number of fused-ring (bicyclic) bond motifs is 1. The molecule has 9 heteroatoms. The summed E-state index contributed by atoms with van der Waals surface area (Å²) in [5, 5.41) is 0.859. The molecule has 4 rings (SSSR count). The van der Waals surface area contributed by atoms with Crippen LogP contribution in [0.15, 0.2) is 24.5 Å². The molecule has 0 radical (unpaired) electrons. The van der Waals surface area contributed by atoms with Crippen LogP contribution in [-0.2, 0) is 24.1 Å². The van der Waals surface area contributed by atoms with Gasteiger partial charge in [-0.05, 0) is 42.9 Å². The van der Waals surface area contributed by atoms with E-state index in [1.807, 2.05) is 10.8 Å². The van der Waals surface area contributed by atoms with Gasteiger partial charge in [0.25, 0.3) is 6.43 Å². The maximum atomic E-state index is 15.2. The van der Waals surface area contributed by atoms with Gasteiger partial charge < -0.3 is 4.57 Å². The summed E-state index contributed by atoms with van der Waals surface area (Å²) in [5.74, 6) is -0.413. The first-order valence-electron chi connectivity index (χ1n) is 10.6. The molecule has 0 amide bonds. The highest BCUT2D eigenvalue weighted by Crippen LogP contribution is 2.36. The largest absolute Gasteiger partial charge is 0.347 e. The second-order valence-corrected chi connectivity index (χ2v) is 11.1. The van der Waals surface area contributed by atoms with Crippen LogP contribution in [0.2, 0.25) is 0 Å². The molecule has 1 aromatic carbocycles. The second kappa shape index (κ2) is 8.59. The summed E-state index contributed by atoms with van der Waals surface area (Å²) in [7, 11) is -1.12. The van der Waals surface area contributed by atoms with Crippen LogP contribution < -0.4 is 4.72 Å². The highest BCUT2D eigenvalue weighted by Gasteiger charge is 2.28. The third kappa shape index (κ3) is 4.88. The van der Waals surface area contributed by atoms with Gasteiger partial charge in [-0.1, -0.05) is 20.8 Å². The minimum atomic E-state index is -2.85. The molecule has 2 heterocycles. The maximum absolute atomic E-state index is 15.2. The van der Waals surface area contributed by atoms with Crippen molar-refractivity contribution < 1.29 is 17.4 Å². The zero-order chi connectivity index (χ0) is 23.2. The van der Waals surface area contributed by atoms with E-state index in [0.29, 0.717) is 18.5 Å². The van der Waals surface area contributed by atoms with Crippen molar-refractivity contribution in [2.45, 2.75) is 65.3 Å². The van der Waals surface area contributed by atoms with Crippen molar-refractivity contribution in [2.24, 2.45) is 5.41 Å². The molecule has 0 aliphatic heterocycles. The summed E-state index contributed by atoms with van der Waals surface area (Å²) in [4.78, 5) is 7.87. The van der Waals surface area contributed by atoms with Gasteiger partial charge in [-0.2, -0.15) is 0 Å². The standard InChI is InChI=1S/C23H27F3N4OS/c1-13-27-10-18(21(29-13)22(25)26)17-8-20-16(7-19(17)24)14(9-28-32(31)15-5-6-15)11-30(20)12-23(2,3)4/h7-8,10-11,15,22,28H,5-6,9,12H2,1-4H3. The van der Waals surface area contributed by atoms with Crippen molar-refractivity contribution in [3.05, 3.63) is 47.4 Å². The molecule has 32 heavy (non-hydrogen) atoms. The Kier molecular flexibility index (Phi) is 6.15. The zero-order valence-corrected chi connectivity index (χ0v) is 19.4. The molecule has 1 atom stereocenters. The lowest BCUT2D eigenvalue weighted by Crippen LogP contribution is -2.19. The van der Waals surface area contributed by atoms with Gasteiger partial charge in [0.2, 0.25) is 0 Å². The molecule has 0 spiro atoms. The van der Waals surface area contributed by atoms with E-state index in [1.165, 1.54) is 19.2 Å². The van der Waals surface area contributed by atoms with Crippen LogP contribution in [0.5, 0.6) is 0 Å². The van der Waals surface area contributed by atoms with Gasteiger partial charge in [0, 0.05) is 52.8 Å².